The molecule has 0 unspecified atom stereocenters. The Bertz CT molecular complexity index is 2620. The zero-order valence-electron chi connectivity index (χ0n) is 26.8. The molecule has 1 aromatic heterocycles. The number of nitrogens with zero attached hydrogens (tertiary/aromatic N) is 1. The molecule has 8 aromatic carbocycles. The lowest BCUT2D eigenvalue weighted by molar-refractivity contribution is 0.768. The van der Waals surface area contributed by atoms with E-state index in [1.54, 1.807) is 0 Å². The van der Waals surface area contributed by atoms with E-state index in [0.29, 0.717) is 0 Å². The molecule has 0 spiro atoms. The Balaban J connectivity index is 1.23. The second kappa shape index (κ2) is 11.1. The van der Waals surface area contributed by atoms with Crippen LogP contribution < -0.4 is 4.90 Å². The second-order valence-electron chi connectivity index (χ2n) is 12.8. The number of thiophene rings is 1. The topological polar surface area (TPSA) is 3.24 Å². The van der Waals surface area contributed by atoms with Crippen molar-refractivity contribution in [2.24, 2.45) is 0 Å². The van der Waals surface area contributed by atoms with Crippen molar-refractivity contribution in [1.82, 2.24) is 0 Å². The van der Waals surface area contributed by atoms with Gasteiger partial charge in [0.05, 0.1) is 21.5 Å². The molecular weight excluding hydrogens is 611 g/mol. The van der Waals surface area contributed by atoms with E-state index in [2.05, 4.69) is 193 Å². The Morgan fingerprint density at radius 1 is 0.388 bits per heavy atom. The number of fused-ring (bicyclic) bond motifs is 7. The quantitative estimate of drug-likeness (QED) is 0.181. The van der Waals surface area contributed by atoms with Crippen LogP contribution in [0.15, 0.2) is 188 Å². The van der Waals surface area contributed by atoms with Gasteiger partial charge in [-0.05, 0) is 69.1 Å². The third-order valence-electron chi connectivity index (χ3n) is 10.3. The van der Waals surface area contributed by atoms with Gasteiger partial charge >= 0.3 is 0 Å². The zero-order valence-corrected chi connectivity index (χ0v) is 27.6. The van der Waals surface area contributed by atoms with Gasteiger partial charge in [0.1, 0.15) is 0 Å². The normalized spacial score (nSPS) is 13.1. The van der Waals surface area contributed by atoms with E-state index < -0.39 is 5.41 Å². The first-order valence-electron chi connectivity index (χ1n) is 16.9. The molecule has 0 atom stereocenters. The van der Waals surface area contributed by atoms with Crippen LogP contribution in [0, 0.1) is 0 Å². The maximum Gasteiger partial charge on any atom is 0.0713 e. The smallest absolute Gasteiger partial charge is 0.0713 e. The third kappa shape index (κ3) is 4.11. The van der Waals surface area contributed by atoms with Crippen molar-refractivity contribution in [2.45, 2.75) is 5.41 Å². The minimum atomic E-state index is -0.428. The van der Waals surface area contributed by atoms with Crippen molar-refractivity contribution in [1.29, 1.82) is 0 Å². The van der Waals surface area contributed by atoms with Crippen molar-refractivity contribution in [3.63, 3.8) is 0 Å². The first kappa shape index (κ1) is 28.1. The predicted octanol–water partition coefficient (Wildman–Crippen LogP) is 13.0. The van der Waals surface area contributed by atoms with Gasteiger partial charge in [0, 0.05) is 26.5 Å². The second-order valence-corrected chi connectivity index (χ2v) is 13.9. The molecule has 1 aliphatic rings. The molecule has 0 fully saturated rings. The largest absolute Gasteiger partial charge is 0.308 e. The summed E-state index contributed by atoms with van der Waals surface area (Å²) in [5.41, 5.74) is 10.9. The lowest BCUT2D eigenvalue weighted by Crippen LogP contribution is -2.28. The fourth-order valence-electron chi connectivity index (χ4n) is 8.29. The summed E-state index contributed by atoms with van der Waals surface area (Å²) in [4.78, 5) is 2.47. The van der Waals surface area contributed by atoms with Gasteiger partial charge in [-0.3, -0.25) is 0 Å². The Morgan fingerprint density at radius 3 is 1.71 bits per heavy atom. The Kier molecular flexibility index (Phi) is 6.34. The molecule has 1 aliphatic carbocycles. The van der Waals surface area contributed by atoms with Crippen LogP contribution in [0.4, 0.5) is 17.1 Å². The van der Waals surface area contributed by atoms with Gasteiger partial charge < -0.3 is 4.90 Å². The van der Waals surface area contributed by atoms with Crippen molar-refractivity contribution in [3.05, 3.63) is 210 Å². The van der Waals surface area contributed by atoms with Crippen LogP contribution in [0.3, 0.4) is 0 Å². The maximum atomic E-state index is 2.47. The van der Waals surface area contributed by atoms with E-state index in [1.807, 2.05) is 11.3 Å². The molecule has 1 heterocycles. The van der Waals surface area contributed by atoms with Crippen LogP contribution in [0.2, 0.25) is 0 Å². The van der Waals surface area contributed by atoms with Crippen LogP contribution in [0.1, 0.15) is 22.3 Å². The van der Waals surface area contributed by atoms with Gasteiger partial charge in [0.25, 0.3) is 0 Å². The van der Waals surface area contributed by atoms with Crippen LogP contribution in [0.25, 0.3) is 42.1 Å². The molecule has 0 radical (unpaired) electrons. The molecule has 0 N–H and O–H groups in total. The van der Waals surface area contributed by atoms with E-state index in [0.717, 1.165) is 5.69 Å². The summed E-state index contributed by atoms with van der Waals surface area (Å²) in [6.07, 6.45) is 0. The summed E-state index contributed by atoms with van der Waals surface area (Å²) in [7, 11) is 0. The molecular formula is C47H31NS. The molecule has 49 heavy (non-hydrogen) atoms. The highest BCUT2D eigenvalue weighted by atomic mass is 32.1. The minimum absolute atomic E-state index is 0.428. The van der Waals surface area contributed by atoms with Crippen LogP contribution >= 0.6 is 11.3 Å². The average Bonchev–Trinajstić information content (AvgIpc) is 3.71. The monoisotopic (exact) mass is 641 g/mol. The molecule has 0 saturated carbocycles. The predicted molar refractivity (Wildman–Crippen MR) is 209 cm³/mol. The SMILES string of the molecule is c1ccc(C2(c3ccc(N(c4cccc5ccccc45)c4cccc5c4sc4ccccc45)cc3)c3ccccc3-c3ccccc32)cc1. The van der Waals surface area contributed by atoms with Gasteiger partial charge in [-0.25, -0.2) is 0 Å². The summed E-state index contributed by atoms with van der Waals surface area (Å²) < 4.78 is 2.60. The summed E-state index contributed by atoms with van der Waals surface area (Å²) in [6, 6.07) is 69.2. The Morgan fingerprint density at radius 2 is 0.939 bits per heavy atom. The number of rotatable bonds is 5. The fraction of sp³-hybridized carbons (Fsp3) is 0.0213. The van der Waals surface area contributed by atoms with Crippen molar-refractivity contribution in [2.75, 3.05) is 4.90 Å². The number of benzene rings is 8. The van der Waals surface area contributed by atoms with Crippen molar-refractivity contribution in [3.8, 4) is 11.1 Å². The average molecular weight is 642 g/mol. The van der Waals surface area contributed by atoms with Crippen molar-refractivity contribution < 1.29 is 0 Å². The number of anilines is 3. The highest BCUT2D eigenvalue weighted by molar-refractivity contribution is 7.26. The van der Waals surface area contributed by atoms with Gasteiger partial charge in [0.2, 0.25) is 0 Å². The highest BCUT2D eigenvalue weighted by Gasteiger charge is 2.45. The zero-order chi connectivity index (χ0) is 32.4. The van der Waals surface area contributed by atoms with E-state index in [9.17, 15) is 0 Å². The Hall–Kier alpha value is -5.96. The molecule has 1 nitrogen and oxygen atoms in total. The van der Waals surface area contributed by atoms with Crippen LogP contribution in [-0.2, 0) is 5.41 Å². The molecule has 2 heteroatoms. The van der Waals surface area contributed by atoms with Gasteiger partial charge in [-0.15, -0.1) is 11.3 Å². The van der Waals surface area contributed by atoms with Gasteiger partial charge in [0.15, 0.2) is 0 Å². The fourth-order valence-corrected chi connectivity index (χ4v) is 9.50. The van der Waals surface area contributed by atoms with Crippen molar-refractivity contribution >= 4 is 59.3 Å². The summed E-state index contributed by atoms with van der Waals surface area (Å²) in [6.45, 7) is 0. The lowest BCUT2D eigenvalue weighted by Gasteiger charge is -2.34. The molecule has 230 valence electrons. The summed E-state index contributed by atoms with van der Waals surface area (Å²) in [5, 5.41) is 5.06. The molecule has 10 rings (SSSR count). The lowest BCUT2D eigenvalue weighted by atomic mass is 9.68. The molecule has 9 aromatic rings. The van der Waals surface area contributed by atoms with E-state index in [4.69, 9.17) is 0 Å². The molecule has 0 saturated heterocycles. The number of hydrogen-bond donors (Lipinski definition) is 0. The van der Waals surface area contributed by atoms with Crippen LogP contribution in [-0.4, -0.2) is 0 Å². The standard InChI is InChI=1S/C47H31NS/c1-2-16-33(17-3-1)47(41-23-9-6-19-37(41)38-20-7-10-24-42(38)47)34-28-30-35(31-29-34)48(43-25-12-15-32-14-4-5-18-36(32)43)44-26-13-22-40-39-21-8-11-27-45(39)49-46(40)44/h1-31H. The van der Waals surface area contributed by atoms with Crippen LogP contribution in [0.5, 0.6) is 0 Å². The van der Waals surface area contributed by atoms with Gasteiger partial charge in [-0.1, -0.05) is 158 Å². The first-order chi connectivity index (χ1) is 24.3. The molecule has 0 amide bonds. The molecule has 0 aliphatic heterocycles. The highest BCUT2D eigenvalue weighted by Crippen LogP contribution is 2.56. The third-order valence-corrected chi connectivity index (χ3v) is 11.6. The van der Waals surface area contributed by atoms with E-state index in [-0.39, 0.29) is 0 Å². The summed E-state index contributed by atoms with van der Waals surface area (Å²) in [5.74, 6) is 0. The first-order valence-corrected chi connectivity index (χ1v) is 17.7. The summed E-state index contributed by atoms with van der Waals surface area (Å²) >= 11 is 1.87. The Labute approximate surface area is 290 Å². The van der Waals surface area contributed by atoms with E-state index in [1.165, 1.54) is 75.7 Å². The molecule has 0 bridgehead atoms. The van der Waals surface area contributed by atoms with Gasteiger partial charge in [-0.2, -0.15) is 0 Å². The van der Waals surface area contributed by atoms with E-state index >= 15 is 0 Å². The maximum absolute atomic E-state index is 2.47. The number of hydrogen-bond acceptors (Lipinski definition) is 2. The minimum Gasteiger partial charge on any atom is -0.308 e.